The zero-order valence-corrected chi connectivity index (χ0v) is 12.9. The van der Waals surface area contributed by atoms with Gasteiger partial charge in [-0.25, -0.2) is 0 Å². The Morgan fingerprint density at radius 2 is 2.11 bits per heavy atom. The average molecular weight is 267 g/mol. The lowest BCUT2D eigenvalue weighted by molar-refractivity contribution is -0.139. The first-order chi connectivity index (χ1) is 8.94. The summed E-state index contributed by atoms with van der Waals surface area (Å²) in [5.41, 5.74) is 0.0900. The van der Waals surface area contributed by atoms with Gasteiger partial charge >= 0.3 is 0 Å². The molecule has 0 aromatic heterocycles. The number of carbonyl (C=O) groups is 1. The Labute approximate surface area is 117 Å². The van der Waals surface area contributed by atoms with Crippen molar-refractivity contribution in [2.24, 2.45) is 5.92 Å². The maximum absolute atomic E-state index is 12.7. The second-order valence-corrected chi connectivity index (χ2v) is 6.80. The number of hydrogen-bond acceptors (Lipinski definition) is 3. The molecule has 4 heteroatoms. The molecule has 110 valence electrons. The average Bonchev–Trinajstić information content (AvgIpc) is 2.41. The van der Waals surface area contributed by atoms with Crippen molar-refractivity contribution in [3.63, 3.8) is 0 Å². The van der Waals surface area contributed by atoms with E-state index in [-0.39, 0.29) is 11.6 Å². The fourth-order valence-corrected chi connectivity index (χ4v) is 3.20. The van der Waals surface area contributed by atoms with Gasteiger partial charge in [0.2, 0.25) is 5.91 Å². The number of nitrogens with zero attached hydrogens (tertiary/aromatic N) is 2. The van der Waals surface area contributed by atoms with Gasteiger partial charge in [-0.3, -0.25) is 9.69 Å². The van der Waals surface area contributed by atoms with Crippen molar-refractivity contribution < 1.29 is 4.79 Å². The molecule has 0 aromatic rings. The molecule has 4 nitrogen and oxygen atoms in total. The number of piperazine rings is 1. The molecular formula is C15H29N3O. The van der Waals surface area contributed by atoms with Crippen LogP contribution in [0, 0.1) is 5.92 Å². The fourth-order valence-electron chi connectivity index (χ4n) is 3.20. The van der Waals surface area contributed by atoms with Crippen molar-refractivity contribution in [3.8, 4) is 0 Å². The highest BCUT2D eigenvalue weighted by Crippen LogP contribution is 2.23. The van der Waals surface area contributed by atoms with Gasteiger partial charge in [-0.1, -0.05) is 13.3 Å². The molecule has 2 aliphatic heterocycles. The van der Waals surface area contributed by atoms with E-state index in [9.17, 15) is 4.79 Å². The lowest BCUT2D eigenvalue weighted by Gasteiger charge is -2.46. The van der Waals surface area contributed by atoms with Crippen molar-refractivity contribution in [2.45, 2.75) is 51.6 Å². The van der Waals surface area contributed by atoms with E-state index in [1.54, 1.807) is 0 Å². The Morgan fingerprint density at radius 1 is 1.37 bits per heavy atom. The van der Waals surface area contributed by atoms with Gasteiger partial charge in [0, 0.05) is 25.2 Å². The third kappa shape index (κ3) is 3.29. The zero-order chi connectivity index (χ0) is 14.0. The Kier molecular flexibility index (Phi) is 4.51. The molecule has 0 spiro atoms. The Morgan fingerprint density at radius 3 is 2.74 bits per heavy atom. The second-order valence-electron chi connectivity index (χ2n) is 6.80. The van der Waals surface area contributed by atoms with Crippen molar-refractivity contribution in [1.29, 1.82) is 0 Å². The monoisotopic (exact) mass is 267 g/mol. The predicted octanol–water partition coefficient (Wildman–Crippen LogP) is 1.32. The van der Waals surface area contributed by atoms with Gasteiger partial charge in [0.15, 0.2) is 0 Å². The molecule has 0 aliphatic carbocycles. The Balaban J connectivity index is 1.96. The molecule has 2 heterocycles. The van der Waals surface area contributed by atoms with Gasteiger partial charge in [-0.15, -0.1) is 0 Å². The first kappa shape index (κ1) is 14.8. The van der Waals surface area contributed by atoms with Crippen LogP contribution >= 0.6 is 0 Å². The first-order valence-corrected chi connectivity index (χ1v) is 7.67. The largest absolute Gasteiger partial charge is 0.338 e. The van der Waals surface area contributed by atoms with E-state index >= 15 is 0 Å². The van der Waals surface area contributed by atoms with E-state index < -0.39 is 0 Å². The van der Waals surface area contributed by atoms with E-state index in [2.05, 4.69) is 42.9 Å². The maximum Gasteiger partial charge on any atom is 0.239 e. The van der Waals surface area contributed by atoms with Crippen LogP contribution < -0.4 is 5.32 Å². The van der Waals surface area contributed by atoms with Crippen molar-refractivity contribution >= 4 is 5.91 Å². The fraction of sp³-hybridized carbons (Fsp3) is 0.933. The summed E-state index contributed by atoms with van der Waals surface area (Å²) in [5, 5.41) is 3.41. The molecule has 0 bridgehead atoms. The minimum atomic E-state index is 0.0536. The third-order valence-corrected chi connectivity index (χ3v) is 5.02. The van der Waals surface area contributed by atoms with Crippen LogP contribution in [-0.4, -0.2) is 60.5 Å². The summed E-state index contributed by atoms with van der Waals surface area (Å²) in [5.74, 6) is 1.04. The zero-order valence-electron chi connectivity index (χ0n) is 12.9. The highest BCUT2D eigenvalue weighted by molar-refractivity contribution is 5.82. The van der Waals surface area contributed by atoms with Crippen LogP contribution in [0.25, 0.3) is 0 Å². The van der Waals surface area contributed by atoms with E-state index in [1.807, 2.05) is 0 Å². The maximum atomic E-state index is 12.7. The summed E-state index contributed by atoms with van der Waals surface area (Å²) >= 11 is 0. The summed E-state index contributed by atoms with van der Waals surface area (Å²) in [4.78, 5) is 17.1. The Hall–Kier alpha value is -0.610. The van der Waals surface area contributed by atoms with Gasteiger partial charge in [0.25, 0.3) is 0 Å². The van der Waals surface area contributed by atoms with Crippen LogP contribution in [0.5, 0.6) is 0 Å². The predicted molar refractivity (Wildman–Crippen MR) is 78.1 cm³/mol. The molecule has 2 unspecified atom stereocenters. The summed E-state index contributed by atoms with van der Waals surface area (Å²) in [7, 11) is 2.15. The molecule has 1 amide bonds. The molecule has 1 N–H and O–H groups in total. The molecule has 2 atom stereocenters. The molecule has 19 heavy (non-hydrogen) atoms. The molecule has 2 saturated heterocycles. The number of hydrogen-bond donors (Lipinski definition) is 1. The van der Waals surface area contributed by atoms with E-state index in [4.69, 9.17) is 0 Å². The van der Waals surface area contributed by atoms with Crippen molar-refractivity contribution in [2.75, 3.05) is 33.2 Å². The number of rotatable bonds is 2. The molecule has 2 aliphatic rings. The third-order valence-electron chi connectivity index (χ3n) is 5.02. The minimum absolute atomic E-state index is 0.0536. The minimum Gasteiger partial charge on any atom is -0.338 e. The summed E-state index contributed by atoms with van der Waals surface area (Å²) in [6.07, 6.45) is 3.43. The number of carbonyl (C=O) groups excluding carboxylic acids is 1. The number of nitrogens with one attached hydrogen (secondary N) is 1. The van der Waals surface area contributed by atoms with Gasteiger partial charge in [0.1, 0.15) is 0 Å². The molecule has 2 fully saturated rings. The molecule has 2 rings (SSSR count). The van der Waals surface area contributed by atoms with Gasteiger partial charge in [0.05, 0.1) is 6.04 Å². The van der Waals surface area contributed by atoms with Crippen LogP contribution in [0.3, 0.4) is 0 Å². The number of likely N-dealkylation sites (N-methyl/N-ethyl adjacent to an activating group) is 1. The smallest absolute Gasteiger partial charge is 0.239 e. The highest BCUT2D eigenvalue weighted by atomic mass is 16.2. The highest BCUT2D eigenvalue weighted by Gasteiger charge is 2.36. The van der Waals surface area contributed by atoms with Gasteiger partial charge < -0.3 is 10.2 Å². The Bertz CT molecular complexity index is 329. The van der Waals surface area contributed by atoms with Gasteiger partial charge in [-0.2, -0.15) is 0 Å². The normalized spacial score (nSPS) is 32.3. The van der Waals surface area contributed by atoms with E-state index in [0.29, 0.717) is 5.91 Å². The van der Waals surface area contributed by atoms with Crippen LogP contribution in [-0.2, 0) is 4.79 Å². The molecular weight excluding hydrogens is 238 g/mol. The second kappa shape index (κ2) is 5.80. The lowest BCUT2D eigenvalue weighted by atomic mass is 9.89. The number of amides is 1. The lowest BCUT2D eigenvalue weighted by Crippen LogP contribution is -2.62. The summed E-state index contributed by atoms with van der Waals surface area (Å²) < 4.78 is 0. The van der Waals surface area contributed by atoms with Crippen molar-refractivity contribution in [1.82, 2.24) is 15.1 Å². The number of piperidine rings is 1. The molecule has 0 saturated carbocycles. The summed E-state index contributed by atoms with van der Waals surface area (Å²) in [6.45, 7) is 10.3. The van der Waals surface area contributed by atoms with Crippen LogP contribution in [0.1, 0.15) is 40.0 Å². The van der Waals surface area contributed by atoms with Crippen LogP contribution in [0.2, 0.25) is 0 Å². The SMILES string of the molecule is CCC1CCNC(C(=O)N2CCN(C)C(C)(C)C2)C1. The van der Waals surface area contributed by atoms with Gasteiger partial charge in [-0.05, 0) is 46.2 Å². The van der Waals surface area contributed by atoms with Crippen molar-refractivity contribution in [3.05, 3.63) is 0 Å². The van der Waals surface area contributed by atoms with Crippen LogP contribution in [0.4, 0.5) is 0 Å². The quantitative estimate of drug-likeness (QED) is 0.819. The topological polar surface area (TPSA) is 35.6 Å². The summed E-state index contributed by atoms with van der Waals surface area (Å²) in [6, 6.07) is 0.0536. The first-order valence-electron chi connectivity index (χ1n) is 7.67. The molecule has 0 radical (unpaired) electrons. The standard InChI is InChI=1S/C15H29N3O/c1-5-12-6-7-16-13(10-12)14(19)18-9-8-17(4)15(2,3)11-18/h12-13,16H,5-11H2,1-4H3. The van der Waals surface area contributed by atoms with Crippen LogP contribution in [0.15, 0.2) is 0 Å². The molecule has 0 aromatic carbocycles. The van der Waals surface area contributed by atoms with E-state index in [0.717, 1.165) is 38.5 Å². The van der Waals surface area contributed by atoms with E-state index in [1.165, 1.54) is 12.8 Å².